The van der Waals surface area contributed by atoms with Gasteiger partial charge in [-0.3, -0.25) is 0 Å². The minimum atomic E-state index is 0.641. The first-order valence-corrected chi connectivity index (χ1v) is 23.1. The molecule has 5 nitrogen and oxygen atoms in total. The first-order valence-electron chi connectivity index (χ1n) is 21.4. The molecule has 0 spiro atoms. The molecular formula is C57H33N5S2. The number of benzene rings is 9. The third-order valence-electron chi connectivity index (χ3n) is 12.7. The molecule has 0 radical (unpaired) electrons. The minimum Gasteiger partial charge on any atom is -0.307 e. The predicted molar refractivity (Wildman–Crippen MR) is 271 cm³/mol. The summed E-state index contributed by atoms with van der Waals surface area (Å²) in [7, 11) is 0. The van der Waals surface area contributed by atoms with Crippen LogP contribution in [-0.2, 0) is 0 Å². The van der Waals surface area contributed by atoms with Gasteiger partial charge in [0.15, 0.2) is 17.5 Å². The molecule has 64 heavy (non-hydrogen) atoms. The number of hydrogen-bond donors (Lipinski definition) is 0. The van der Waals surface area contributed by atoms with Gasteiger partial charge in [0.1, 0.15) is 0 Å². The molecule has 0 atom stereocenters. The number of para-hydroxylation sites is 3. The highest BCUT2D eigenvalue weighted by Gasteiger charge is 2.25. The highest BCUT2D eigenvalue weighted by molar-refractivity contribution is 7.30. The van der Waals surface area contributed by atoms with Gasteiger partial charge in [-0.25, -0.2) is 15.0 Å². The molecule has 0 unspecified atom stereocenters. The monoisotopic (exact) mass is 851 g/mol. The molecule has 298 valence electrons. The maximum Gasteiger partial charge on any atom is 0.165 e. The van der Waals surface area contributed by atoms with Crippen LogP contribution in [0.5, 0.6) is 0 Å². The van der Waals surface area contributed by atoms with E-state index in [9.17, 15) is 0 Å². The van der Waals surface area contributed by atoms with Gasteiger partial charge in [0.2, 0.25) is 0 Å². The van der Waals surface area contributed by atoms with Crippen LogP contribution in [0.2, 0.25) is 0 Å². The van der Waals surface area contributed by atoms with Gasteiger partial charge < -0.3 is 9.13 Å². The van der Waals surface area contributed by atoms with E-state index in [1.54, 1.807) is 0 Å². The molecule has 0 aliphatic carbocycles. The molecule has 14 rings (SSSR count). The molecule has 0 bridgehead atoms. The van der Waals surface area contributed by atoms with Crippen molar-refractivity contribution in [1.29, 1.82) is 0 Å². The third-order valence-corrected chi connectivity index (χ3v) is 15.2. The lowest BCUT2D eigenvalue weighted by atomic mass is 10.0. The van der Waals surface area contributed by atoms with Crippen molar-refractivity contribution in [3.05, 3.63) is 200 Å². The van der Waals surface area contributed by atoms with E-state index < -0.39 is 0 Å². The largest absolute Gasteiger partial charge is 0.307 e. The fraction of sp³-hybridized carbons (Fsp3) is 0. The number of aromatic nitrogens is 5. The Labute approximate surface area is 374 Å². The van der Waals surface area contributed by atoms with Crippen molar-refractivity contribution in [2.45, 2.75) is 0 Å². The van der Waals surface area contributed by atoms with E-state index in [0.29, 0.717) is 17.5 Å². The van der Waals surface area contributed by atoms with E-state index in [1.165, 1.54) is 68.2 Å². The number of nitrogens with zero attached hydrogens (tertiary/aromatic N) is 5. The Hall–Kier alpha value is -7.97. The summed E-state index contributed by atoms with van der Waals surface area (Å²) >= 11 is 3.70. The lowest BCUT2D eigenvalue weighted by Crippen LogP contribution is -2.02. The van der Waals surface area contributed by atoms with Crippen LogP contribution in [-0.4, -0.2) is 24.1 Å². The molecule has 0 N–H and O–H groups in total. The Morgan fingerprint density at radius 3 is 1.47 bits per heavy atom. The number of rotatable bonds is 5. The van der Waals surface area contributed by atoms with Crippen LogP contribution in [0.15, 0.2) is 200 Å². The summed E-state index contributed by atoms with van der Waals surface area (Å²) in [5.41, 5.74) is 9.66. The Morgan fingerprint density at radius 1 is 0.328 bits per heavy atom. The van der Waals surface area contributed by atoms with Gasteiger partial charge in [-0.05, 0) is 48.5 Å². The molecule has 5 aromatic heterocycles. The average Bonchev–Trinajstić information content (AvgIpc) is 4.12. The average molecular weight is 852 g/mol. The van der Waals surface area contributed by atoms with Crippen LogP contribution in [0.4, 0.5) is 0 Å². The fourth-order valence-electron chi connectivity index (χ4n) is 9.97. The lowest BCUT2D eigenvalue weighted by molar-refractivity contribution is 1.07. The zero-order valence-corrected chi connectivity index (χ0v) is 35.7. The summed E-state index contributed by atoms with van der Waals surface area (Å²) in [5.74, 6) is 1.92. The molecule has 9 aromatic carbocycles. The summed E-state index contributed by atoms with van der Waals surface area (Å²) in [5, 5.41) is 9.86. The molecule has 0 saturated heterocycles. The first-order chi connectivity index (χ1) is 31.7. The Bertz CT molecular complexity index is 4120. The normalized spacial score (nSPS) is 12.1. The highest BCUT2D eigenvalue weighted by Crippen LogP contribution is 2.49. The Morgan fingerprint density at radius 2 is 0.828 bits per heavy atom. The zero-order valence-electron chi connectivity index (χ0n) is 34.1. The Balaban J connectivity index is 1.17. The molecule has 5 heterocycles. The third kappa shape index (κ3) is 5.19. The second kappa shape index (κ2) is 13.8. The zero-order chi connectivity index (χ0) is 41.9. The maximum absolute atomic E-state index is 5.37. The van der Waals surface area contributed by atoms with E-state index in [-0.39, 0.29) is 0 Å². The van der Waals surface area contributed by atoms with E-state index >= 15 is 0 Å². The van der Waals surface area contributed by atoms with Crippen LogP contribution < -0.4 is 0 Å². The van der Waals surface area contributed by atoms with Gasteiger partial charge in [-0.1, -0.05) is 152 Å². The van der Waals surface area contributed by atoms with Crippen LogP contribution in [0.3, 0.4) is 0 Å². The molecule has 0 saturated carbocycles. The maximum atomic E-state index is 5.37. The van der Waals surface area contributed by atoms with Crippen LogP contribution in [0, 0.1) is 0 Å². The van der Waals surface area contributed by atoms with Crippen molar-refractivity contribution in [2.75, 3.05) is 0 Å². The molecule has 0 amide bonds. The lowest BCUT2D eigenvalue weighted by Gasteiger charge is -2.15. The number of hydrogen-bond acceptors (Lipinski definition) is 5. The van der Waals surface area contributed by atoms with Gasteiger partial charge in [-0.15, -0.1) is 22.7 Å². The molecule has 7 heteroatoms. The minimum absolute atomic E-state index is 0.641. The van der Waals surface area contributed by atoms with Crippen molar-refractivity contribution in [1.82, 2.24) is 24.1 Å². The van der Waals surface area contributed by atoms with Crippen LogP contribution >= 0.6 is 22.7 Å². The van der Waals surface area contributed by atoms with E-state index in [1.807, 2.05) is 59.1 Å². The van der Waals surface area contributed by atoms with Crippen molar-refractivity contribution in [3.63, 3.8) is 0 Å². The quantitative estimate of drug-likeness (QED) is 0.173. The summed E-state index contributed by atoms with van der Waals surface area (Å²) in [6.07, 6.45) is 0. The van der Waals surface area contributed by atoms with Crippen LogP contribution in [0.25, 0.3) is 129 Å². The van der Waals surface area contributed by atoms with Gasteiger partial charge in [0.05, 0.1) is 22.1 Å². The smallest absolute Gasteiger partial charge is 0.165 e. The van der Waals surface area contributed by atoms with Crippen molar-refractivity contribution in [3.8, 4) is 45.5 Å². The second-order valence-corrected chi connectivity index (χ2v) is 18.4. The second-order valence-electron chi connectivity index (χ2n) is 16.3. The van der Waals surface area contributed by atoms with Gasteiger partial charge in [0, 0.05) is 90.0 Å². The number of thiophene rings is 2. The van der Waals surface area contributed by atoms with Crippen LogP contribution in [0.1, 0.15) is 0 Å². The van der Waals surface area contributed by atoms with Gasteiger partial charge in [-0.2, -0.15) is 0 Å². The number of fused-ring (bicyclic) bond motifs is 14. The van der Waals surface area contributed by atoms with Crippen molar-refractivity contribution < 1.29 is 0 Å². The highest BCUT2D eigenvalue weighted by atomic mass is 32.1. The summed E-state index contributed by atoms with van der Waals surface area (Å²) in [6, 6.07) is 71.7. The molecule has 0 fully saturated rings. The predicted octanol–water partition coefficient (Wildman–Crippen LogP) is 15.8. The van der Waals surface area contributed by atoms with Gasteiger partial charge in [0.25, 0.3) is 0 Å². The van der Waals surface area contributed by atoms with E-state index in [4.69, 9.17) is 15.0 Å². The fourth-order valence-corrected chi connectivity index (χ4v) is 12.5. The van der Waals surface area contributed by atoms with Crippen molar-refractivity contribution >= 4 is 107 Å². The summed E-state index contributed by atoms with van der Waals surface area (Å²) in [4.78, 5) is 15.9. The van der Waals surface area contributed by atoms with E-state index in [2.05, 4.69) is 173 Å². The molecular weight excluding hydrogens is 819 g/mol. The Kier molecular flexibility index (Phi) is 7.66. The van der Waals surface area contributed by atoms with Gasteiger partial charge >= 0.3 is 0 Å². The topological polar surface area (TPSA) is 48.5 Å². The summed E-state index contributed by atoms with van der Waals surface area (Å²) < 4.78 is 9.93. The molecule has 0 aliphatic rings. The van der Waals surface area contributed by atoms with Crippen molar-refractivity contribution in [2.24, 2.45) is 0 Å². The SMILES string of the molecule is c1ccc(-c2nc(-c3ccccc3)nc(-c3cc(-n4c5ccccc5c5ccc6c7ccccc7n(-c7ccccc7)c6c54)cc4c3sc3ccc5c6ccccc6sc5c34)n2)cc1. The van der Waals surface area contributed by atoms with E-state index in [0.717, 1.165) is 43.8 Å². The molecule has 0 aliphatic heterocycles. The standard InChI is InChI=1S/C57H33N5S2/c1-4-16-34(17-5-1)55-58-56(35-18-6-2-7-19-35)60-57(59-55)45-33-37(32-44-50-49(64-53(44)45)31-30-43-40-24-12-15-27-48(40)63-54(43)50)62-47-26-14-11-23-39(47)42-29-28-41-38-22-10-13-25-46(38)61(51(41)52(42)62)36-20-8-3-9-21-36/h1-33H. The molecule has 14 aromatic rings. The first kappa shape index (κ1) is 35.6. The summed E-state index contributed by atoms with van der Waals surface area (Å²) in [6.45, 7) is 0.